The fourth-order valence-corrected chi connectivity index (χ4v) is 1.47. The number of alkyl carbamates (subject to hydrolysis) is 1. The van der Waals surface area contributed by atoms with Gasteiger partial charge in [-0.2, -0.15) is 0 Å². The minimum Gasteiger partial charge on any atom is -0.469 e. The van der Waals surface area contributed by atoms with E-state index in [-0.39, 0.29) is 0 Å². The molecule has 0 aromatic carbocycles. The number of rotatable bonds is 5. The van der Waals surface area contributed by atoms with E-state index in [1.54, 1.807) is 6.26 Å². The lowest BCUT2D eigenvalue weighted by atomic mass is 10.2. The molecule has 4 nitrogen and oxygen atoms in total. The van der Waals surface area contributed by atoms with E-state index < -0.39 is 11.7 Å². The minimum atomic E-state index is -0.486. The van der Waals surface area contributed by atoms with Gasteiger partial charge in [-0.1, -0.05) is 12.2 Å². The molecule has 1 heterocycles. The molecular weight excluding hydrogens is 250 g/mol. The Morgan fingerprint density at radius 1 is 1.50 bits per heavy atom. The van der Waals surface area contributed by atoms with Crippen LogP contribution in [-0.2, 0) is 11.2 Å². The number of aryl methyl sites for hydroxylation is 1. The molecule has 0 bridgehead atoms. The molecule has 5 heteroatoms. The van der Waals surface area contributed by atoms with E-state index in [0.717, 1.165) is 17.0 Å². The van der Waals surface area contributed by atoms with Crippen molar-refractivity contribution in [1.29, 1.82) is 0 Å². The Morgan fingerprint density at radius 2 is 2.22 bits per heavy atom. The van der Waals surface area contributed by atoms with Crippen LogP contribution in [0.5, 0.6) is 0 Å². The summed E-state index contributed by atoms with van der Waals surface area (Å²) in [5, 5.41) is 2.64. The Bertz CT molecular complexity index is 393. The Kier molecular flexibility index (Phi) is 5.34. The Morgan fingerprint density at radius 3 is 2.78 bits per heavy atom. The predicted octanol–water partition coefficient (Wildman–Crippen LogP) is 3.11. The first-order chi connectivity index (χ1) is 8.37. The first kappa shape index (κ1) is 14.7. The van der Waals surface area contributed by atoms with Crippen molar-refractivity contribution in [3.05, 3.63) is 24.2 Å². The Balaban J connectivity index is 2.19. The van der Waals surface area contributed by atoms with E-state index >= 15 is 0 Å². The summed E-state index contributed by atoms with van der Waals surface area (Å²) in [6, 6.07) is 3.75. The van der Waals surface area contributed by atoms with Gasteiger partial charge in [-0.05, 0) is 39.3 Å². The lowest BCUT2D eigenvalue weighted by Crippen LogP contribution is -2.35. The third-order valence-electron chi connectivity index (χ3n) is 2.06. The zero-order chi connectivity index (χ0) is 13.6. The van der Waals surface area contributed by atoms with E-state index in [1.165, 1.54) is 0 Å². The van der Waals surface area contributed by atoms with Crippen LogP contribution < -0.4 is 5.32 Å². The third-order valence-corrected chi connectivity index (χ3v) is 2.41. The highest BCUT2D eigenvalue weighted by Crippen LogP contribution is 2.07. The molecule has 18 heavy (non-hydrogen) atoms. The fourth-order valence-electron chi connectivity index (χ4n) is 1.29. The maximum atomic E-state index is 11.4. The average molecular weight is 269 g/mol. The molecule has 1 amide bonds. The topological polar surface area (TPSA) is 51.5 Å². The highest BCUT2D eigenvalue weighted by molar-refractivity contribution is 7.80. The fraction of sp³-hybridized carbons (Fsp3) is 0.538. The largest absolute Gasteiger partial charge is 0.469 e. The quantitative estimate of drug-likeness (QED) is 0.834. The summed E-state index contributed by atoms with van der Waals surface area (Å²) < 4.78 is 10.3. The van der Waals surface area contributed by atoms with Gasteiger partial charge in [0.25, 0.3) is 0 Å². The number of thiocarbonyl (C=S) groups is 1. The lowest BCUT2D eigenvalue weighted by molar-refractivity contribution is 0.0536. The number of nitrogens with one attached hydrogen (secondary N) is 1. The van der Waals surface area contributed by atoms with Crippen molar-refractivity contribution >= 4 is 23.2 Å². The van der Waals surface area contributed by atoms with Crippen molar-refractivity contribution in [2.45, 2.75) is 39.2 Å². The second-order valence-electron chi connectivity index (χ2n) is 4.97. The molecule has 1 rings (SSSR count). The molecule has 0 fully saturated rings. The van der Waals surface area contributed by atoms with Crippen molar-refractivity contribution in [3.8, 4) is 0 Å². The van der Waals surface area contributed by atoms with Gasteiger partial charge >= 0.3 is 6.09 Å². The Hall–Kier alpha value is -1.36. The second-order valence-corrected chi connectivity index (χ2v) is 5.55. The molecule has 100 valence electrons. The number of carbonyl (C=O) groups excluding carboxylic acids is 1. The molecule has 1 aromatic heterocycles. The second kappa shape index (κ2) is 6.54. The first-order valence-electron chi connectivity index (χ1n) is 5.88. The molecule has 0 spiro atoms. The van der Waals surface area contributed by atoms with Crippen LogP contribution in [0.3, 0.4) is 0 Å². The van der Waals surface area contributed by atoms with Crippen LogP contribution in [0.15, 0.2) is 22.8 Å². The van der Waals surface area contributed by atoms with Crippen LogP contribution in [0.25, 0.3) is 0 Å². The van der Waals surface area contributed by atoms with Crippen molar-refractivity contribution in [2.24, 2.45) is 0 Å². The summed E-state index contributed by atoms with van der Waals surface area (Å²) in [6.45, 7) is 5.82. The van der Waals surface area contributed by atoms with Crippen LogP contribution >= 0.6 is 12.2 Å². The third kappa shape index (κ3) is 6.39. The summed E-state index contributed by atoms with van der Waals surface area (Å²) in [6.07, 6.45) is 2.65. The van der Waals surface area contributed by atoms with Gasteiger partial charge in [0, 0.05) is 11.3 Å². The smallest absolute Gasteiger partial charge is 0.407 e. The van der Waals surface area contributed by atoms with E-state index in [9.17, 15) is 4.79 Å². The molecule has 0 saturated heterocycles. The highest BCUT2D eigenvalue weighted by atomic mass is 32.1. The van der Waals surface area contributed by atoms with Gasteiger partial charge in [0.05, 0.1) is 12.8 Å². The summed E-state index contributed by atoms with van der Waals surface area (Å²) in [5.74, 6) is 0.898. The van der Waals surface area contributed by atoms with Gasteiger partial charge < -0.3 is 14.5 Å². The number of amides is 1. The van der Waals surface area contributed by atoms with Gasteiger partial charge in [0.1, 0.15) is 11.4 Å². The van der Waals surface area contributed by atoms with Crippen LogP contribution in [0, 0.1) is 0 Å². The molecule has 0 aliphatic rings. The van der Waals surface area contributed by atoms with Crippen molar-refractivity contribution < 1.29 is 13.9 Å². The molecule has 0 atom stereocenters. The maximum Gasteiger partial charge on any atom is 0.407 e. The maximum absolute atomic E-state index is 11.4. The molecule has 0 radical (unpaired) electrons. The van der Waals surface area contributed by atoms with Gasteiger partial charge in [0.15, 0.2) is 0 Å². The summed E-state index contributed by atoms with van der Waals surface area (Å²) in [7, 11) is 0. The summed E-state index contributed by atoms with van der Waals surface area (Å²) >= 11 is 5.17. The van der Waals surface area contributed by atoms with E-state index in [2.05, 4.69) is 5.32 Å². The van der Waals surface area contributed by atoms with Crippen LogP contribution in [-0.4, -0.2) is 23.1 Å². The summed E-state index contributed by atoms with van der Waals surface area (Å²) in [5.41, 5.74) is -0.486. The van der Waals surface area contributed by atoms with Crippen LogP contribution in [0.4, 0.5) is 4.79 Å². The van der Waals surface area contributed by atoms with Crippen molar-refractivity contribution in [1.82, 2.24) is 5.32 Å². The number of carbonyl (C=O) groups is 1. The molecule has 0 unspecified atom stereocenters. The summed E-state index contributed by atoms with van der Waals surface area (Å²) in [4.78, 5) is 12.2. The van der Waals surface area contributed by atoms with Crippen molar-refractivity contribution in [2.75, 3.05) is 6.54 Å². The standard InChI is InChI=1S/C13H19NO3S/c1-13(2,3)17-12(15)14-9-11(18)7-6-10-5-4-8-16-10/h4-5,8H,6-7,9H2,1-3H3,(H,14,15). The molecule has 0 aliphatic carbocycles. The SMILES string of the molecule is CC(C)(C)OC(=O)NCC(=S)CCc1ccco1. The Labute approximate surface area is 113 Å². The van der Waals surface area contributed by atoms with Gasteiger partial charge in [-0.15, -0.1) is 0 Å². The number of furan rings is 1. The molecular formula is C13H19NO3S. The van der Waals surface area contributed by atoms with Gasteiger partial charge in [0.2, 0.25) is 0 Å². The zero-order valence-electron chi connectivity index (χ0n) is 11.0. The first-order valence-corrected chi connectivity index (χ1v) is 6.28. The molecule has 0 aliphatic heterocycles. The minimum absolute atomic E-state index is 0.352. The van der Waals surface area contributed by atoms with Crippen LogP contribution in [0.1, 0.15) is 33.0 Å². The predicted molar refractivity (Wildman–Crippen MR) is 73.9 cm³/mol. The van der Waals surface area contributed by atoms with Crippen LogP contribution in [0.2, 0.25) is 0 Å². The van der Waals surface area contributed by atoms with Crippen molar-refractivity contribution in [3.63, 3.8) is 0 Å². The monoisotopic (exact) mass is 269 g/mol. The number of hydrogen-bond donors (Lipinski definition) is 1. The average Bonchev–Trinajstić information content (AvgIpc) is 2.74. The van der Waals surface area contributed by atoms with Gasteiger partial charge in [-0.25, -0.2) is 4.79 Å². The van der Waals surface area contributed by atoms with E-state index in [1.807, 2.05) is 32.9 Å². The molecule has 0 saturated carbocycles. The molecule has 1 N–H and O–H groups in total. The van der Waals surface area contributed by atoms with E-state index in [4.69, 9.17) is 21.4 Å². The highest BCUT2D eigenvalue weighted by Gasteiger charge is 2.15. The normalized spacial score (nSPS) is 11.1. The van der Waals surface area contributed by atoms with E-state index in [0.29, 0.717) is 13.0 Å². The number of ether oxygens (including phenoxy) is 1. The molecule has 1 aromatic rings. The zero-order valence-corrected chi connectivity index (χ0v) is 11.8. The number of hydrogen-bond acceptors (Lipinski definition) is 4. The van der Waals surface area contributed by atoms with Gasteiger partial charge in [-0.3, -0.25) is 0 Å². The lowest BCUT2D eigenvalue weighted by Gasteiger charge is -2.19.